The lowest BCUT2D eigenvalue weighted by Gasteiger charge is -2.18. The molecule has 236 valence electrons. The summed E-state index contributed by atoms with van der Waals surface area (Å²) in [6, 6.07) is 9.42. The Kier molecular flexibility index (Phi) is 15.5. The highest BCUT2D eigenvalue weighted by atomic mass is 16.6. The predicted octanol–water partition coefficient (Wildman–Crippen LogP) is 0.226. The van der Waals surface area contributed by atoms with Gasteiger partial charge in [0, 0.05) is 36.3 Å². The number of amides is 2. The van der Waals surface area contributed by atoms with Gasteiger partial charge in [0.25, 0.3) is 17.5 Å². The van der Waals surface area contributed by atoms with Gasteiger partial charge in [-0.2, -0.15) is 0 Å². The van der Waals surface area contributed by atoms with Gasteiger partial charge in [0.2, 0.25) is 0 Å². The molecule has 0 fully saturated rings. The summed E-state index contributed by atoms with van der Waals surface area (Å²) >= 11 is 0. The summed E-state index contributed by atoms with van der Waals surface area (Å²) in [5, 5.41) is 52.3. The fourth-order valence-electron chi connectivity index (χ4n) is 3.26. The molecule has 0 aromatic heterocycles. The number of nitrogens with zero attached hydrogens (tertiary/aromatic N) is 1. The molecule has 0 radical (unpaired) electrons. The minimum absolute atomic E-state index is 0.0156. The van der Waals surface area contributed by atoms with Crippen molar-refractivity contribution in [2.24, 2.45) is 10.8 Å². The first kappa shape index (κ1) is 37.7. The van der Waals surface area contributed by atoms with Gasteiger partial charge in [0.1, 0.15) is 0 Å². The fourth-order valence-corrected chi connectivity index (χ4v) is 3.26. The molecule has 13 nitrogen and oxygen atoms in total. The van der Waals surface area contributed by atoms with Gasteiger partial charge >= 0.3 is 14.2 Å². The summed E-state index contributed by atoms with van der Waals surface area (Å²) in [5.41, 5.74) is 0.456. The molecule has 0 bridgehead atoms. The Balaban J connectivity index is 0.000000434. The zero-order valence-corrected chi connectivity index (χ0v) is 25.6. The highest BCUT2D eigenvalue weighted by Crippen LogP contribution is 2.14. The van der Waals surface area contributed by atoms with Gasteiger partial charge in [0.15, 0.2) is 0 Å². The quantitative estimate of drug-likeness (QED) is 0.0797. The van der Waals surface area contributed by atoms with Gasteiger partial charge in [-0.05, 0) is 40.0 Å². The number of non-ortho nitro benzene ring substituents is 1. The normalized spacial score (nSPS) is 11.2. The molecule has 0 saturated carbocycles. The van der Waals surface area contributed by atoms with E-state index < -0.39 is 25.1 Å². The number of hydrogen-bond acceptors (Lipinski definition) is 10. The second-order valence-electron chi connectivity index (χ2n) is 12.2. The maximum atomic E-state index is 12.0. The van der Waals surface area contributed by atoms with E-state index in [4.69, 9.17) is 29.6 Å². The van der Waals surface area contributed by atoms with Crippen LogP contribution in [0.3, 0.4) is 0 Å². The van der Waals surface area contributed by atoms with Crippen LogP contribution in [0, 0.1) is 20.9 Å². The third-order valence-corrected chi connectivity index (χ3v) is 5.32. The Morgan fingerprint density at radius 1 is 0.744 bits per heavy atom. The summed E-state index contributed by atoms with van der Waals surface area (Å²) in [6.45, 7) is 15.0. The van der Waals surface area contributed by atoms with Gasteiger partial charge in [-0.15, -0.1) is 0 Å². The highest BCUT2D eigenvalue weighted by molar-refractivity contribution is 6.59. The zero-order chi connectivity index (χ0) is 32.8. The molecular weight excluding hydrogens is 560 g/mol. The molecule has 0 heterocycles. The van der Waals surface area contributed by atoms with E-state index in [0.717, 1.165) is 12.1 Å². The predicted molar refractivity (Wildman–Crippen MR) is 164 cm³/mol. The summed E-state index contributed by atoms with van der Waals surface area (Å²) in [5.74, 6) is -0.752. The molecule has 0 spiro atoms. The van der Waals surface area contributed by atoms with Crippen molar-refractivity contribution in [3.63, 3.8) is 0 Å². The lowest BCUT2D eigenvalue weighted by molar-refractivity contribution is -0.384. The monoisotopic (exact) mass is 603 g/mol. The Bertz CT molecular complexity index is 1180. The molecule has 0 unspecified atom stereocenters. The molecule has 0 saturated heterocycles. The molecule has 0 aliphatic heterocycles. The number of carbonyl (C=O) groups is 2. The number of rotatable bonds is 13. The SMILES string of the molecule is CC(C)(C)COCCNC(=O)c1cc(B(O)O)cc([N+](=O)[O-])c1.CC(C)(C)COCCNC(=O)c1ccc(B(O)O)cc1. The fraction of sp³-hybridized carbons (Fsp3) is 0.500. The van der Waals surface area contributed by atoms with Gasteiger partial charge in [0.05, 0.1) is 31.4 Å². The van der Waals surface area contributed by atoms with Crippen LogP contribution in [0.25, 0.3) is 0 Å². The summed E-state index contributed by atoms with van der Waals surface area (Å²) in [7, 11) is -3.41. The number of nitrogens with one attached hydrogen (secondary N) is 2. The average molecular weight is 603 g/mol. The second kappa shape index (κ2) is 17.7. The van der Waals surface area contributed by atoms with Crippen molar-refractivity contribution >= 4 is 42.7 Å². The first-order valence-corrected chi connectivity index (χ1v) is 13.7. The lowest BCUT2D eigenvalue weighted by Crippen LogP contribution is -2.33. The topological polar surface area (TPSA) is 201 Å². The third kappa shape index (κ3) is 16.2. The van der Waals surface area contributed by atoms with Gasteiger partial charge < -0.3 is 40.2 Å². The van der Waals surface area contributed by atoms with Crippen molar-refractivity contribution in [3.05, 3.63) is 63.7 Å². The van der Waals surface area contributed by atoms with E-state index in [1.54, 1.807) is 12.1 Å². The van der Waals surface area contributed by atoms with Crippen molar-refractivity contribution in [3.8, 4) is 0 Å². The third-order valence-electron chi connectivity index (χ3n) is 5.32. The maximum Gasteiger partial charge on any atom is 0.488 e. The second-order valence-corrected chi connectivity index (χ2v) is 12.2. The summed E-state index contributed by atoms with van der Waals surface area (Å²) < 4.78 is 10.9. The first-order valence-electron chi connectivity index (χ1n) is 13.7. The molecular formula is C28H43B2N3O10. The van der Waals surface area contributed by atoms with E-state index in [1.165, 1.54) is 18.2 Å². The number of nitro benzene ring substituents is 1. The molecule has 2 rings (SSSR count). The van der Waals surface area contributed by atoms with Crippen molar-refractivity contribution in [1.29, 1.82) is 0 Å². The molecule has 2 aromatic rings. The van der Waals surface area contributed by atoms with Gasteiger partial charge in [-0.3, -0.25) is 19.7 Å². The molecule has 15 heteroatoms. The number of benzene rings is 2. The Morgan fingerprint density at radius 3 is 1.58 bits per heavy atom. The summed E-state index contributed by atoms with van der Waals surface area (Å²) in [6.07, 6.45) is 0. The molecule has 2 aromatic carbocycles. The molecule has 0 aliphatic rings. The molecule has 0 atom stereocenters. The average Bonchev–Trinajstić information content (AvgIpc) is 2.91. The van der Waals surface area contributed by atoms with Gasteiger partial charge in [-0.1, -0.05) is 53.7 Å². The van der Waals surface area contributed by atoms with E-state index in [0.29, 0.717) is 44.0 Å². The van der Waals surface area contributed by atoms with E-state index in [9.17, 15) is 19.7 Å². The smallest absolute Gasteiger partial charge is 0.423 e. The first-order chi connectivity index (χ1) is 19.9. The van der Waals surface area contributed by atoms with Crippen molar-refractivity contribution in [2.75, 3.05) is 39.5 Å². The zero-order valence-electron chi connectivity index (χ0n) is 25.6. The van der Waals surface area contributed by atoms with Crippen LogP contribution < -0.4 is 21.6 Å². The van der Waals surface area contributed by atoms with Crippen molar-refractivity contribution in [2.45, 2.75) is 41.5 Å². The van der Waals surface area contributed by atoms with Crippen LogP contribution >= 0.6 is 0 Å². The number of carbonyl (C=O) groups excluding carboxylic acids is 2. The van der Waals surface area contributed by atoms with Crippen LogP contribution in [-0.4, -0.2) is 90.6 Å². The van der Waals surface area contributed by atoms with Crippen LogP contribution in [0.2, 0.25) is 0 Å². The Hall–Kier alpha value is -3.33. The number of nitro groups is 1. The van der Waals surface area contributed by atoms with Gasteiger partial charge in [-0.25, -0.2) is 0 Å². The minimum atomic E-state index is -1.89. The lowest BCUT2D eigenvalue weighted by atomic mass is 9.79. The standard InChI is InChI=1S/C14H21BN2O6.C14H22BNO4/c1-14(2,3)9-23-5-4-16-13(18)10-6-11(15(19)20)8-12(7-10)17(21)22;1-14(2,3)10-20-9-8-16-13(17)11-4-6-12(7-5-11)15(18)19/h6-8,19-20H,4-5,9H2,1-3H3,(H,16,18);4-7,18-19H,8-10H2,1-3H3,(H,16,17). The Labute approximate surface area is 253 Å². The molecule has 0 aliphatic carbocycles. The van der Waals surface area contributed by atoms with Crippen molar-refractivity contribution in [1.82, 2.24) is 10.6 Å². The van der Waals surface area contributed by atoms with E-state index in [1.807, 2.05) is 20.8 Å². The highest BCUT2D eigenvalue weighted by Gasteiger charge is 2.20. The van der Waals surface area contributed by atoms with Crippen LogP contribution in [0.15, 0.2) is 42.5 Å². The van der Waals surface area contributed by atoms with Crippen LogP contribution in [0.1, 0.15) is 62.3 Å². The minimum Gasteiger partial charge on any atom is -0.423 e. The van der Waals surface area contributed by atoms with Crippen LogP contribution in [0.5, 0.6) is 0 Å². The largest absolute Gasteiger partial charge is 0.488 e. The molecule has 6 N–H and O–H groups in total. The number of ether oxygens (including phenoxy) is 2. The maximum absolute atomic E-state index is 12.0. The van der Waals surface area contributed by atoms with Crippen molar-refractivity contribution < 1.29 is 44.1 Å². The van der Waals surface area contributed by atoms with E-state index >= 15 is 0 Å². The number of hydrogen-bond donors (Lipinski definition) is 6. The molecule has 2 amide bonds. The van der Waals surface area contributed by atoms with Crippen LogP contribution in [-0.2, 0) is 9.47 Å². The summed E-state index contributed by atoms with van der Waals surface area (Å²) in [4.78, 5) is 33.9. The van der Waals surface area contributed by atoms with E-state index in [2.05, 4.69) is 31.4 Å². The Morgan fingerprint density at radius 2 is 1.19 bits per heavy atom. The van der Waals surface area contributed by atoms with E-state index in [-0.39, 0.29) is 40.0 Å². The van der Waals surface area contributed by atoms with Crippen LogP contribution in [0.4, 0.5) is 5.69 Å². The molecule has 43 heavy (non-hydrogen) atoms.